The lowest BCUT2D eigenvalue weighted by molar-refractivity contribution is -0.146. The largest absolute Gasteiger partial charge is 0.373 e. The molecule has 0 aromatic heterocycles. The highest BCUT2D eigenvalue weighted by Crippen LogP contribution is 2.48. The van der Waals surface area contributed by atoms with E-state index in [9.17, 15) is 14.4 Å². The van der Waals surface area contributed by atoms with Crippen LogP contribution < -0.4 is 11.1 Å². The first kappa shape index (κ1) is 17.6. The Morgan fingerprint density at radius 1 is 1.21 bits per heavy atom. The summed E-state index contributed by atoms with van der Waals surface area (Å²) in [7, 11) is 0. The van der Waals surface area contributed by atoms with Gasteiger partial charge >= 0.3 is 0 Å². The van der Waals surface area contributed by atoms with Crippen LogP contribution in [0.15, 0.2) is 0 Å². The highest BCUT2D eigenvalue weighted by Gasteiger charge is 2.62. The molecule has 4 aliphatic rings. The SMILES string of the molecule is CC(CN)(NC(=O)CN1C(=O)C2C3CCC(O3)C2C1=O)C1CC1.Cl. The van der Waals surface area contributed by atoms with E-state index in [1.807, 2.05) is 6.92 Å². The number of carbonyl (C=O) groups excluding carboxylic acids is 3. The lowest BCUT2D eigenvalue weighted by atomic mass is 9.81. The molecule has 2 bridgehead atoms. The van der Waals surface area contributed by atoms with E-state index < -0.39 is 5.54 Å². The van der Waals surface area contributed by atoms with Crippen LogP contribution in [0.4, 0.5) is 0 Å². The maximum absolute atomic E-state index is 12.5. The van der Waals surface area contributed by atoms with Gasteiger partial charge in [-0.25, -0.2) is 0 Å². The zero-order valence-corrected chi connectivity index (χ0v) is 14.5. The van der Waals surface area contributed by atoms with Crippen LogP contribution >= 0.6 is 12.4 Å². The standard InChI is InChI=1S/C16H23N3O4.ClH/c1-16(7-17,8-2-3-8)18-11(20)6-19-14(21)12-9-4-5-10(23-9)13(12)15(19)22;/h8-10,12-13H,2-7,17H2,1H3,(H,18,20);1H. The van der Waals surface area contributed by atoms with Crippen LogP contribution in [0, 0.1) is 17.8 Å². The van der Waals surface area contributed by atoms with E-state index in [0.29, 0.717) is 12.5 Å². The maximum atomic E-state index is 12.5. The number of hydrogen-bond donors (Lipinski definition) is 2. The van der Waals surface area contributed by atoms with Gasteiger partial charge in [-0.15, -0.1) is 12.4 Å². The summed E-state index contributed by atoms with van der Waals surface area (Å²) in [5.41, 5.74) is 5.36. The topological polar surface area (TPSA) is 102 Å². The van der Waals surface area contributed by atoms with Crippen molar-refractivity contribution in [3.05, 3.63) is 0 Å². The number of hydrogen-bond acceptors (Lipinski definition) is 5. The monoisotopic (exact) mass is 357 g/mol. The average molecular weight is 358 g/mol. The van der Waals surface area contributed by atoms with Gasteiger partial charge < -0.3 is 15.8 Å². The van der Waals surface area contributed by atoms with Crippen molar-refractivity contribution in [2.24, 2.45) is 23.5 Å². The van der Waals surface area contributed by atoms with E-state index in [4.69, 9.17) is 10.5 Å². The number of nitrogens with zero attached hydrogens (tertiary/aromatic N) is 1. The number of halogens is 1. The summed E-state index contributed by atoms with van der Waals surface area (Å²) in [5.74, 6) is -1.16. The summed E-state index contributed by atoms with van der Waals surface area (Å²) < 4.78 is 5.69. The minimum atomic E-state index is -0.444. The fourth-order valence-corrected chi connectivity index (χ4v) is 4.47. The van der Waals surface area contributed by atoms with Crippen molar-refractivity contribution < 1.29 is 19.1 Å². The lowest BCUT2D eigenvalue weighted by Gasteiger charge is -2.30. The van der Waals surface area contributed by atoms with Gasteiger partial charge in [-0.1, -0.05) is 0 Å². The highest BCUT2D eigenvalue weighted by atomic mass is 35.5. The number of nitrogens with one attached hydrogen (secondary N) is 1. The van der Waals surface area contributed by atoms with Gasteiger partial charge in [0.25, 0.3) is 0 Å². The smallest absolute Gasteiger partial charge is 0.240 e. The number of ether oxygens (including phenoxy) is 1. The molecule has 3 saturated heterocycles. The molecule has 1 saturated carbocycles. The Labute approximate surface area is 147 Å². The Hall–Kier alpha value is -1.18. The number of fused-ring (bicyclic) bond motifs is 5. The molecule has 8 heteroatoms. The molecule has 4 fully saturated rings. The first-order valence-corrected chi connectivity index (χ1v) is 8.46. The molecule has 5 atom stereocenters. The summed E-state index contributed by atoms with van der Waals surface area (Å²) in [6, 6.07) is 0. The Kier molecular flexibility index (Phi) is 4.38. The third kappa shape index (κ3) is 2.53. The predicted molar refractivity (Wildman–Crippen MR) is 87.2 cm³/mol. The van der Waals surface area contributed by atoms with Crippen molar-refractivity contribution in [2.75, 3.05) is 13.1 Å². The van der Waals surface area contributed by atoms with E-state index in [1.54, 1.807) is 0 Å². The van der Waals surface area contributed by atoms with Gasteiger partial charge in [0.2, 0.25) is 17.7 Å². The Morgan fingerprint density at radius 2 is 1.75 bits per heavy atom. The fraction of sp³-hybridized carbons (Fsp3) is 0.812. The van der Waals surface area contributed by atoms with E-state index >= 15 is 0 Å². The van der Waals surface area contributed by atoms with Crippen LogP contribution in [-0.2, 0) is 19.1 Å². The van der Waals surface area contributed by atoms with E-state index in [-0.39, 0.29) is 60.7 Å². The molecule has 3 amide bonds. The van der Waals surface area contributed by atoms with Crippen LogP contribution in [0.1, 0.15) is 32.6 Å². The molecule has 134 valence electrons. The van der Waals surface area contributed by atoms with Crippen LogP contribution in [0.5, 0.6) is 0 Å². The van der Waals surface area contributed by atoms with Crippen LogP contribution in [0.25, 0.3) is 0 Å². The molecule has 0 aromatic carbocycles. The number of rotatable bonds is 5. The van der Waals surface area contributed by atoms with Gasteiger partial charge in [-0.2, -0.15) is 0 Å². The van der Waals surface area contributed by atoms with Gasteiger partial charge in [-0.3, -0.25) is 19.3 Å². The van der Waals surface area contributed by atoms with Gasteiger partial charge in [0.15, 0.2) is 0 Å². The van der Waals surface area contributed by atoms with E-state index in [0.717, 1.165) is 30.6 Å². The lowest BCUT2D eigenvalue weighted by Crippen LogP contribution is -2.56. The van der Waals surface area contributed by atoms with E-state index in [1.165, 1.54) is 0 Å². The summed E-state index contributed by atoms with van der Waals surface area (Å²) in [4.78, 5) is 38.5. The second-order valence-electron chi connectivity index (χ2n) is 7.55. The van der Waals surface area contributed by atoms with Crippen LogP contribution in [-0.4, -0.2) is 53.5 Å². The molecular formula is C16H24ClN3O4. The third-order valence-electron chi connectivity index (χ3n) is 6.00. The van der Waals surface area contributed by atoms with Crippen molar-refractivity contribution in [3.63, 3.8) is 0 Å². The molecule has 24 heavy (non-hydrogen) atoms. The molecule has 0 aromatic rings. The average Bonchev–Trinajstić information content (AvgIpc) is 3.13. The zero-order chi connectivity index (χ0) is 16.4. The Morgan fingerprint density at radius 3 is 2.21 bits per heavy atom. The number of carbonyl (C=O) groups is 3. The van der Waals surface area contributed by atoms with Crippen molar-refractivity contribution in [1.29, 1.82) is 0 Å². The molecule has 0 radical (unpaired) electrons. The quantitative estimate of drug-likeness (QED) is 0.664. The van der Waals surface area contributed by atoms with Gasteiger partial charge in [0, 0.05) is 6.54 Å². The zero-order valence-electron chi connectivity index (χ0n) is 13.7. The van der Waals surface area contributed by atoms with Gasteiger partial charge in [-0.05, 0) is 38.5 Å². The molecule has 5 unspecified atom stereocenters. The first-order valence-electron chi connectivity index (χ1n) is 8.46. The van der Waals surface area contributed by atoms with Crippen molar-refractivity contribution >= 4 is 30.1 Å². The predicted octanol–water partition coefficient (Wildman–Crippen LogP) is -0.186. The summed E-state index contributed by atoms with van der Waals surface area (Å²) in [6.07, 6.45) is 3.49. The second kappa shape index (κ2) is 5.97. The normalized spacial score (nSPS) is 36.3. The fourth-order valence-electron chi connectivity index (χ4n) is 4.47. The highest BCUT2D eigenvalue weighted by molar-refractivity contribution is 6.08. The summed E-state index contributed by atoms with van der Waals surface area (Å²) >= 11 is 0. The molecule has 1 aliphatic carbocycles. The van der Waals surface area contributed by atoms with Crippen LogP contribution in [0.2, 0.25) is 0 Å². The Bertz CT molecular complexity index is 554. The number of nitrogens with two attached hydrogens (primary N) is 1. The molecule has 4 rings (SSSR count). The van der Waals surface area contributed by atoms with Crippen molar-refractivity contribution in [1.82, 2.24) is 10.2 Å². The first-order chi connectivity index (χ1) is 10.9. The minimum Gasteiger partial charge on any atom is -0.373 e. The third-order valence-corrected chi connectivity index (χ3v) is 6.00. The maximum Gasteiger partial charge on any atom is 0.240 e. The van der Waals surface area contributed by atoms with Gasteiger partial charge in [0.1, 0.15) is 6.54 Å². The molecule has 3 heterocycles. The Balaban J connectivity index is 0.00000169. The van der Waals surface area contributed by atoms with Gasteiger partial charge in [0.05, 0.1) is 29.6 Å². The van der Waals surface area contributed by atoms with Crippen LogP contribution in [0.3, 0.4) is 0 Å². The number of imide groups is 1. The second-order valence-corrected chi connectivity index (χ2v) is 7.55. The minimum absolute atomic E-state index is 0. The van der Waals surface area contributed by atoms with Crippen molar-refractivity contribution in [3.8, 4) is 0 Å². The van der Waals surface area contributed by atoms with E-state index in [2.05, 4.69) is 5.32 Å². The number of likely N-dealkylation sites (tertiary alicyclic amines) is 1. The number of amides is 3. The molecule has 3 N–H and O–H groups in total. The molecule has 3 aliphatic heterocycles. The summed E-state index contributed by atoms with van der Waals surface area (Å²) in [5, 5.41) is 2.94. The molecule has 0 spiro atoms. The summed E-state index contributed by atoms with van der Waals surface area (Å²) in [6.45, 7) is 2.08. The van der Waals surface area contributed by atoms with Crippen molar-refractivity contribution in [2.45, 2.75) is 50.4 Å². The molecular weight excluding hydrogens is 334 g/mol. The molecule has 7 nitrogen and oxygen atoms in total.